The molecule has 0 bridgehead atoms. The number of hydrogen-bond acceptors (Lipinski definition) is 3. The van der Waals surface area contributed by atoms with Crippen molar-refractivity contribution in [2.24, 2.45) is 5.92 Å². The summed E-state index contributed by atoms with van der Waals surface area (Å²) >= 11 is 0. The molecule has 1 saturated heterocycles. The van der Waals surface area contributed by atoms with Crippen LogP contribution in [0.4, 0.5) is 0 Å². The first-order valence-corrected chi connectivity index (χ1v) is 7.33. The van der Waals surface area contributed by atoms with Crippen molar-refractivity contribution in [3.8, 4) is 0 Å². The number of piperidine rings is 1. The summed E-state index contributed by atoms with van der Waals surface area (Å²) < 4.78 is 0. The molecule has 100 valence electrons. The van der Waals surface area contributed by atoms with Crippen LogP contribution in [0.25, 0.3) is 0 Å². The maximum absolute atomic E-state index is 3.67. The highest BCUT2D eigenvalue weighted by molar-refractivity contribution is 4.89. The van der Waals surface area contributed by atoms with E-state index in [1.165, 1.54) is 45.3 Å². The van der Waals surface area contributed by atoms with Crippen LogP contribution in [0.3, 0.4) is 0 Å². The maximum Gasteiger partial charge on any atom is 0.0223 e. The Labute approximate surface area is 107 Å². The van der Waals surface area contributed by atoms with E-state index in [2.05, 4.69) is 36.1 Å². The number of likely N-dealkylation sites (tertiary alicyclic amines) is 1. The summed E-state index contributed by atoms with van der Waals surface area (Å²) in [6, 6.07) is 1.55. The predicted molar refractivity (Wildman–Crippen MR) is 73.3 cm³/mol. The van der Waals surface area contributed by atoms with E-state index >= 15 is 0 Å². The largest absolute Gasteiger partial charge is 0.313 e. The van der Waals surface area contributed by atoms with Gasteiger partial charge in [0.15, 0.2) is 0 Å². The Morgan fingerprint density at radius 3 is 2.41 bits per heavy atom. The van der Waals surface area contributed by atoms with Gasteiger partial charge in [-0.25, -0.2) is 0 Å². The van der Waals surface area contributed by atoms with E-state index in [4.69, 9.17) is 0 Å². The molecule has 17 heavy (non-hydrogen) atoms. The second-order valence-electron chi connectivity index (χ2n) is 5.98. The normalized spacial score (nSPS) is 25.4. The summed E-state index contributed by atoms with van der Waals surface area (Å²) in [7, 11) is 4.56. The Bertz CT molecular complexity index is 220. The molecule has 0 spiro atoms. The third kappa shape index (κ3) is 3.94. The molecule has 1 heterocycles. The maximum atomic E-state index is 3.67. The van der Waals surface area contributed by atoms with Crippen LogP contribution in [0.15, 0.2) is 0 Å². The third-order valence-corrected chi connectivity index (χ3v) is 4.45. The molecular formula is C14H29N3. The molecule has 2 fully saturated rings. The van der Waals surface area contributed by atoms with Gasteiger partial charge in [0.1, 0.15) is 0 Å². The third-order valence-electron chi connectivity index (χ3n) is 4.45. The van der Waals surface area contributed by atoms with E-state index in [1.807, 2.05) is 0 Å². The molecule has 0 amide bonds. The lowest BCUT2D eigenvalue weighted by atomic mass is 10.0. The molecule has 1 atom stereocenters. The quantitative estimate of drug-likeness (QED) is 0.756. The Balaban J connectivity index is 1.76. The van der Waals surface area contributed by atoms with E-state index in [-0.39, 0.29) is 0 Å². The average Bonchev–Trinajstić information content (AvgIpc) is 3.13. The van der Waals surface area contributed by atoms with Gasteiger partial charge in [-0.1, -0.05) is 6.92 Å². The van der Waals surface area contributed by atoms with Crippen LogP contribution in [0, 0.1) is 5.92 Å². The first-order chi connectivity index (χ1) is 8.20. The summed E-state index contributed by atoms with van der Waals surface area (Å²) in [5.74, 6) is 0.962. The molecule has 1 aliphatic heterocycles. The lowest BCUT2D eigenvalue weighted by molar-refractivity contribution is 0.131. The summed E-state index contributed by atoms with van der Waals surface area (Å²) in [4.78, 5) is 5.06. The number of hydrogen-bond donors (Lipinski definition) is 1. The van der Waals surface area contributed by atoms with E-state index in [0.29, 0.717) is 0 Å². The van der Waals surface area contributed by atoms with Gasteiger partial charge in [-0.2, -0.15) is 0 Å². The summed E-state index contributed by atoms with van der Waals surface area (Å²) in [6.07, 6.45) is 5.57. The van der Waals surface area contributed by atoms with Gasteiger partial charge in [-0.15, -0.1) is 0 Å². The highest BCUT2D eigenvalue weighted by Gasteiger charge is 2.32. The fraction of sp³-hybridized carbons (Fsp3) is 1.00. The van der Waals surface area contributed by atoms with Crippen LogP contribution in [0.2, 0.25) is 0 Å². The molecule has 0 aromatic carbocycles. The number of nitrogens with one attached hydrogen (secondary N) is 1. The monoisotopic (exact) mass is 239 g/mol. The van der Waals surface area contributed by atoms with Gasteiger partial charge in [-0.05, 0) is 65.3 Å². The first-order valence-electron chi connectivity index (χ1n) is 7.33. The minimum atomic E-state index is 0.740. The molecule has 2 rings (SSSR count). The SMILES string of the molecule is CCNC(CN(C)C1CCN(C)CC1)C1CC1. The van der Waals surface area contributed by atoms with Crippen molar-refractivity contribution >= 4 is 0 Å². The van der Waals surface area contributed by atoms with Crippen molar-refractivity contribution in [1.82, 2.24) is 15.1 Å². The highest BCUT2D eigenvalue weighted by Crippen LogP contribution is 2.33. The van der Waals surface area contributed by atoms with Crippen LogP contribution in [-0.4, -0.2) is 62.2 Å². The first kappa shape index (κ1) is 13.3. The fourth-order valence-electron chi connectivity index (χ4n) is 3.04. The molecule has 0 aromatic heterocycles. The van der Waals surface area contributed by atoms with E-state index < -0.39 is 0 Å². The van der Waals surface area contributed by atoms with Crippen LogP contribution >= 0.6 is 0 Å². The van der Waals surface area contributed by atoms with Gasteiger partial charge >= 0.3 is 0 Å². The molecule has 0 aromatic rings. The average molecular weight is 239 g/mol. The van der Waals surface area contributed by atoms with Crippen LogP contribution in [0.1, 0.15) is 32.6 Å². The fourth-order valence-corrected chi connectivity index (χ4v) is 3.04. The molecule has 3 heteroatoms. The smallest absolute Gasteiger partial charge is 0.0223 e. The van der Waals surface area contributed by atoms with Gasteiger partial charge in [0.25, 0.3) is 0 Å². The Morgan fingerprint density at radius 1 is 1.24 bits per heavy atom. The molecule has 1 N–H and O–H groups in total. The van der Waals surface area contributed by atoms with Crippen molar-refractivity contribution in [1.29, 1.82) is 0 Å². The lowest BCUT2D eigenvalue weighted by Gasteiger charge is -2.37. The van der Waals surface area contributed by atoms with Crippen LogP contribution in [0.5, 0.6) is 0 Å². The predicted octanol–water partition coefficient (Wildman–Crippen LogP) is 1.40. The Hall–Kier alpha value is -0.120. The van der Waals surface area contributed by atoms with E-state index in [1.54, 1.807) is 0 Å². The van der Waals surface area contributed by atoms with Gasteiger partial charge in [0.05, 0.1) is 0 Å². The second-order valence-corrected chi connectivity index (χ2v) is 5.98. The topological polar surface area (TPSA) is 18.5 Å². The molecular weight excluding hydrogens is 210 g/mol. The van der Waals surface area contributed by atoms with Crippen molar-refractivity contribution in [3.05, 3.63) is 0 Å². The van der Waals surface area contributed by atoms with Crippen LogP contribution in [-0.2, 0) is 0 Å². The molecule has 1 unspecified atom stereocenters. The van der Waals surface area contributed by atoms with Crippen molar-refractivity contribution in [2.75, 3.05) is 40.3 Å². The second kappa shape index (κ2) is 6.17. The summed E-state index contributed by atoms with van der Waals surface area (Å²) in [5, 5.41) is 3.67. The molecule has 2 aliphatic rings. The number of likely N-dealkylation sites (N-methyl/N-ethyl adjacent to an activating group) is 2. The minimum absolute atomic E-state index is 0.740. The van der Waals surface area contributed by atoms with Crippen molar-refractivity contribution in [3.63, 3.8) is 0 Å². The lowest BCUT2D eigenvalue weighted by Crippen LogP contribution is -2.48. The molecule has 1 aliphatic carbocycles. The standard InChI is InChI=1S/C14H29N3/c1-4-15-14(12-5-6-12)11-17(3)13-7-9-16(2)10-8-13/h12-15H,4-11H2,1-3H3. The van der Waals surface area contributed by atoms with Crippen LogP contribution < -0.4 is 5.32 Å². The molecule has 3 nitrogen and oxygen atoms in total. The van der Waals surface area contributed by atoms with Gasteiger partial charge in [-0.3, -0.25) is 0 Å². The molecule has 1 saturated carbocycles. The Morgan fingerprint density at radius 2 is 1.88 bits per heavy atom. The number of nitrogens with zero attached hydrogens (tertiary/aromatic N) is 2. The highest BCUT2D eigenvalue weighted by atomic mass is 15.2. The van der Waals surface area contributed by atoms with Crippen molar-refractivity contribution in [2.45, 2.75) is 44.7 Å². The summed E-state index contributed by atoms with van der Waals surface area (Å²) in [6.45, 7) is 7.12. The zero-order valence-corrected chi connectivity index (χ0v) is 11.8. The van der Waals surface area contributed by atoms with Crippen molar-refractivity contribution < 1.29 is 0 Å². The summed E-state index contributed by atoms with van der Waals surface area (Å²) in [5.41, 5.74) is 0. The minimum Gasteiger partial charge on any atom is -0.313 e. The van der Waals surface area contributed by atoms with Gasteiger partial charge in [0.2, 0.25) is 0 Å². The van der Waals surface area contributed by atoms with E-state index in [0.717, 1.165) is 24.5 Å². The Kier molecular flexibility index (Phi) is 4.83. The van der Waals surface area contributed by atoms with E-state index in [9.17, 15) is 0 Å². The zero-order chi connectivity index (χ0) is 12.3. The number of rotatable bonds is 6. The molecule has 0 radical (unpaired) electrons. The zero-order valence-electron chi connectivity index (χ0n) is 11.8. The van der Waals surface area contributed by atoms with Gasteiger partial charge < -0.3 is 15.1 Å². The van der Waals surface area contributed by atoms with Gasteiger partial charge in [0, 0.05) is 18.6 Å².